The fourth-order valence-corrected chi connectivity index (χ4v) is 3.10. The zero-order valence-corrected chi connectivity index (χ0v) is 12.3. The number of ether oxygens (including phenoxy) is 1. The molecule has 0 spiro atoms. The predicted octanol–water partition coefficient (Wildman–Crippen LogP) is 4.25. The number of hydrogen-bond donors (Lipinski definition) is 0. The van der Waals surface area contributed by atoms with Gasteiger partial charge in [0.15, 0.2) is 5.70 Å². The quantitative estimate of drug-likeness (QED) is 0.524. The molecule has 3 nitrogen and oxygen atoms in total. The van der Waals surface area contributed by atoms with E-state index in [0.717, 1.165) is 21.2 Å². The van der Waals surface area contributed by atoms with Gasteiger partial charge in [-0.05, 0) is 34.4 Å². The number of nitrogens with zero attached hydrogens (tertiary/aromatic N) is 1. The van der Waals surface area contributed by atoms with Crippen molar-refractivity contribution in [3.8, 4) is 0 Å². The fourth-order valence-electron chi connectivity index (χ4n) is 2.44. The molecule has 0 N–H and O–H groups in total. The van der Waals surface area contributed by atoms with Gasteiger partial charge < -0.3 is 4.74 Å². The Hall–Kier alpha value is -2.72. The second kappa shape index (κ2) is 5.24. The molecule has 0 aliphatic carbocycles. The minimum Gasteiger partial charge on any atom is -0.402 e. The number of thiophene rings is 1. The smallest absolute Gasteiger partial charge is 0.363 e. The second-order valence-electron chi connectivity index (χ2n) is 4.88. The van der Waals surface area contributed by atoms with Crippen LogP contribution in [0, 0.1) is 0 Å². The molecule has 4 rings (SSSR count). The molecule has 0 fully saturated rings. The van der Waals surface area contributed by atoms with Gasteiger partial charge in [0.05, 0.1) is 0 Å². The molecular weight excluding hydrogens is 294 g/mol. The first-order valence-electron chi connectivity index (χ1n) is 6.85. The van der Waals surface area contributed by atoms with Gasteiger partial charge in [-0.1, -0.05) is 42.5 Å². The van der Waals surface area contributed by atoms with E-state index in [1.54, 1.807) is 17.4 Å². The molecule has 0 saturated heterocycles. The molecule has 1 aliphatic heterocycles. The summed E-state index contributed by atoms with van der Waals surface area (Å²) in [5.41, 5.74) is 1.17. The molecule has 2 heterocycles. The van der Waals surface area contributed by atoms with Crippen LogP contribution in [-0.2, 0) is 9.53 Å². The Balaban J connectivity index is 1.81. The molecule has 0 atom stereocenters. The highest BCUT2D eigenvalue weighted by molar-refractivity contribution is 7.10. The number of cyclic esters (lactones) is 1. The van der Waals surface area contributed by atoms with Crippen LogP contribution in [0.1, 0.15) is 10.4 Å². The minimum absolute atomic E-state index is 0.338. The highest BCUT2D eigenvalue weighted by Crippen LogP contribution is 2.25. The average molecular weight is 305 g/mol. The number of benzene rings is 2. The maximum Gasteiger partial charge on any atom is 0.363 e. The molecule has 0 amide bonds. The number of fused-ring (bicyclic) bond motifs is 1. The van der Waals surface area contributed by atoms with E-state index < -0.39 is 5.97 Å². The van der Waals surface area contributed by atoms with Gasteiger partial charge in [0.25, 0.3) is 0 Å². The molecule has 22 heavy (non-hydrogen) atoms. The van der Waals surface area contributed by atoms with E-state index >= 15 is 0 Å². The Morgan fingerprint density at radius 1 is 1.00 bits per heavy atom. The van der Waals surface area contributed by atoms with Gasteiger partial charge in [0.2, 0.25) is 5.90 Å². The first kappa shape index (κ1) is 13.0. The molecule has 106 valence electrons. The molecule has 0 radical (unpaired) electrons. The Morgan fingerprint density at radius 2 is 1.86 bits per heavy atom. The standard InChI is InChI=1S/C18H11NO2S/c20-18-16(11-13-7-4-10-22-13)19-17(21-18)15-9-3-6-12-5-1-2-8-14(12)15/h1-11H/b16-11+. The highest BCUT2D eigenvalue weighted by Gasteiger charge is 2.25. The summed E-state index contributed by atoms with van der Waals surface area (Å²) in [4.78, 5) is 17.4. The van der Waals surface area contributed by atoms with Crippen LogP contribution in [0.5, 0.6) is 0 Å². The second-order valence-corrected chi connectivity index (χ2v) is 5.86. The van der Waals surface area contributed by atoms with Crippen LogP contribution >= 0.6 is 11.3 Å². The number of carbonyl (C=O) groups excluding carboxylic acids is 1. The zero-order chi connectivity index (χ0) is 14.9. The van der Waals surface area contributed by atoms with Crippen LogP contribution < -0.4 is 0 Å². The monoisotopic (exact) mass is 305 g/mol. The average Bonchev–Trinajstić information content (AvgIpc) is 3.18. The number of esters is 1. The fraction of sp³-hybridized carbons (Fsp3) is 0. The van der Waals surface area contributed by atoms with Gasteiger partial charge in [-0.15, -0.1) is 11.3 Å². The van der Waals surface area contributed by atoms with E-state index in [2.05, 4.69) is 4.99 Å². The van der Waals surface area contributed by atoms with Gasteiger partial charge in [-0.2, -0.15) is 0 Å². The topological polar surface area (TPSA) is 38.7 Å². The van der Waals surface area contributed by atoms with E-state index in [9.17, 15) is 4.79 Å². The van der Waals surface area contributed by atoms with Crippen molar-refractivity contribution in [1.82, 2.24) is 0 Å². The summed E-state index contributed by atoms with van der Waals surface area (Å²) in [6.07, 6.45) is 1.76. The van der Waals surface area contributed by atoms with Crippen molar-refractivity contribution < 1.29 is 9.53 Å². The van der Waals surface area contributed by atoms with Gasteiger partial charge in [-0.3, -0.25) is 0 Å². The van der Waals surface area contributed by atoms with Crippen molar-refractivity contribution in [2.24, 2.45) is 4.99 Å². The van der Waals surface area contributed by atoms with Crippen LogP contribution in [0.2, 0.25) is 0 Å². The SMILES string of the molecule is O=C1OC(c2cccc3ccccc23)=N/C1=C/c1cccs1. The normalized spacial score (nSPS) is 16.1. The Labute approximate surface area is 131 Å². The van der Waals surface area contributed by atoms with E-state index in [-0.39, 0.29) is 0 Å². The van der Waals surface area contributed by atoms with Crippen molar-refractivity contribution in [3.05, 3.63) is 76.1 Å². The van der Waals surface area contributed by atoms with Crippen LogP contribution in [0.25, 0.3) is 16.8 Å². The molecule has 1 aliphatic rings. The van der Waals surface area contributed by atoms with Gasteiger partial charge in [0.1, 0.15) is 0 Å². The zero-order valence-electron chi connectivity index (χ0n) is 11.5. The summed E-state index contributed by atoms with van der Waals surface area (Å²) in [7, 11) is 0. The van der Waals surface area contributed by atoms with E-state index in [1.165, 1.54) is 0 Å². The predicted molar refractivity (Wildman–Crippen MR) is 88.9 cm³/mol. The highest BCUT2D eigenvalue weighted by atomic mass is 32.1. The molecule has 4 heteroatoms. The lowest BCUT2D eigenvalue weighted by Gasteiger charge is -2.04. The van der Waals surface area contributed by atoms with Crippen LogP contribution in [-0.4, -0.2) is 11.9 Å². The summed E-state index contributed by atoms with van der Waals surface area (Å²) in [5.74, 6) is -0.0408. The maximum absolute atomic E-state index is 12.0. The third-order valence-electron chi connectivity index (χ3n) is 3.46. The number of hydrogen-bond acceptors (Lipinski definition) is 4. The maximum atomic E-state index is 12.0. The van der Waals surface area contributed by atoms with Crippen molar-refractivity contribution in [1.29, 1.82) is 0 Å². The molecular formula is C18H11NO2S. The molecule has 0 unspecified atom stereocenters. The number of rotatable bonds is 2. The summed E-state index contributed by atoms with van der Waals surface area (Å²) >= 11 is 1.56. The summed E-state index contributed by atoms with van der Waals surface area (Å²) in [5, 5.41) is 4.07. The summed E-state index contributed by atoms with van der Waals surface area (Å²) in [6, 6.07) is 17.7. The summed E-state index contributed by atoms with van der Waals surface area (Å²) in [6.45, 7) is 0. The lowest BCUT2D eigenvalue weighted by Crippen LogP contribution is -2.05. The lowest BCUT2D eigenvalue weighted by atomic mass is 10.0. The van der Waals surface area contributed by atoms with Crippen LogP contribution in [0.3, 0.4) is 0 Å². The number of aliphatic imine (C=N–C) groups is 1. The first-order valence-corrected chi connectivity index (χ1v) is 7.73. The Morgan fingerprint density at radius 3 is 2.73 bits per heavy atom. The van der Waals surface area contributed by atoms with Gasteiger partial charge >= 0.3 is 5.97 Å². The Kier molecular flexibility index (Phi) is 3.09. The van der Waals surface area contributed by atoms with E-state index in [1.807, 2.05) is 60.0 Å². The van der Waals surface area contributed by atoms with Gasteiger partial charge in [0, 0.05) is 10.4 Å². The van der Waals surface area contributed by atoms with Crippen LogP contribution in [0.4, 0.5) is 0 Å². The third kappa shape index (κ3) is 2.23. The lowest BCUT2D eigenvalue weighted by molar-refractivity contribution is -0.129. The van der Waals surface area contributed by atoms with Crippen molar-refractivity contribution in [3.63, 3.8) is 0 Å². The molecule has 1 aromatic heterocycles. The first-order chi connectivity index (χ1) is 10.8. The largest absolute Gasteiger partial charge is 0.402 e. The summed E-state index contributed by atoms with van der Waals surface area (Å²) < 4.78 is 5.36. The van der Waals surface area contributed by atoms with E-state index in [0.29, 0.717) is 11.6 Å². The number of carbonyl (C=O) groups is 1. The molecule has 3 aromatic rings. The van der Waals surface area contributed by atoms with Crippen molar-refractivity contribution in [2.75, 3.05) is 0 Å². The molecule has 2 aromatic carbocycles. The third-order valence-corrected chi connectivity index (χ3v) is 4.28. The molecule has 0 bridgehead atoms. The molecule has 0 saturated carbocycles. The van der Waals surface area contributed by atoms with Crippen molar-refractivity contribution >= 4 is 40.1 Å². The van der Waals surface area contributed by atoms with E-state index in [4.69, 9.17) is 4.74 Å². The Bertz CT molecular complexity index is 918. The minimum atomic E-state index is -0.406. The van der Waals surface area contributed by atoms with Crippen LogP contribution in [0.15, 0.2) is 70.7 Å². The van der Waals surface area contributed by atoms with Gasteiger partial charge in [-0.25, -0.2) is 9.79 Å². The van der Waals surface area contributed by atoms with Crippen molar-refractivity contribution in [2.45, 2.75) is 0 Å².